The van der Waals surface area contributed by atoms with E-state index in [9.17, 15) is 4.79 Å². The van der Waals surface area contributed by atoms with Crippen LogP contribution in [0.25, 0.3) is 32.0 Å². The number of imidazole rings is 1. The Kier molecular flexibility index (Phi) is 4.27. The van der Waals surface area contributed by atoms with Crippen molar-refractivity contribution in [1.29, 1.82) is 0 Å². The number of rotatable bonds is 4. The molecule has 0 saturated carbocycles. The van der Waals surface area contributed by atoms with Gasteiger partial charge in [0.2, 0.25) is 5.91 Å². The first-order valence-corrected chi connectivity index (χ1v) is 9.43. The number of aryl methyl sites for hydroxylation is 2. The highest BCUT2D eigenvalue weighted by molar-refractivity contribution is 7.21. The van der Waals surface area contributed by atoms with E-state index in [0.29, 0.717) is 6.54 Å². The van der Waals surface area contributed by atoms with Gasteiger partial charge < -0.3 is 15.2 Å². The third-order valence-electron chi connectivity index (χ3n) is 4.57. The third kappa shape index (κ3) is 3.02. The van der Waals surface area contributed by atoms with E-state index in [0.717, 1.165) is 48.9 Å². The van der Waals surface area contributed by atoms with E-state index in [1.165, 1.54) is 6.92 Å². The van der Waals surface area contributed by atoms with Crippen molar-refractivity contribution in [3.05, 3.63) is 35.7 Å². The number of nitrogens with zero attached hydrogens (tertiary/aromatic N) is 4. The Morgan fingerprint density at radius 3 is 2.81 bits per heavy atom. The molecule has 3 aromatic heterocycles. The van der Waals surface area contributed by atoms with Gasteiger partial charge in [-0.15, -0.1) is 0 Å². The molecular formula is C19H20N6OS. The summed E-state index contributed by atoms with van der Waals surface area (Å²) in [7, 11) is 3.81. The highest BCUT2D eigenvalue weighted by Gasteiger charge is 2.17. The van der Waals surface area contributed by atoms with Gasteiger partial charge in [-0.3, -0.25) is 4.79 Å². The summed E-state index contributed by atoms with van der Waals surface area (Å²) in [5.41, 5.74) is 5.88. The van der Waals surface area contributed by atoms with Gasteiger partial charge in [0.1, 0.15) is 26.4 Å². The fraction of sp³-hybridized carbons (Fsp3) is 0.263. The first kappa shape index (κ1) is 17.4. The number of nitrogens with one attached hydrogen (secondary N) is 2. The van der Waals surface area contributed by atoms with Crippen molar-refractivity contribution in [3.8, 4) is 10.6 Å². The maximum Gasteiger partial charge on any atom is 0.217 e. The summed E-state index contributed by atoms with van der Waals surface area (Å²) in [6.07, 6.45) is 1.78. The average Bonchev–Trinajstić information content (AvgIpc) is 3.23. The minimum Gasteiger partial charge on any atom is -0.371 e. The van der Waals surface area contributed by atoms with Crippen molar-refractivity contribution in [2.45, 2.75) is 20.4 Å². The molecule has 0 fully saturated rings. The fourth-order valence-electron chi connectivity index (χ4n) is 3.09. The number of carbonyl (C=O) groups excluding carboxylic acids is 1. The van der Waals surface area contributed by atoms with Crippen LogP contribution in [0.1, 0.15) is 18.1 Å². The van der Waals surface area contributed by atoms with Crippen LogP contribution in [-0.2, 0) is 18.4 Å². The van der Waals surface area contributed by atoms with Crippen LogP contribution in [0.15, 0.2) is 24.5 Å². The van der Waals surface area contributed by atoms with Gasteiger partial charge in [-0.05, 0) is 24.1 Å². The second-order valence-corrected chi connectivity index (χ2v) is 7.46. The molecule has 4 rings (SSSR count). The average molecular weight is 380 g/mol. The number of fused-ring (bicyclic) bond motifs is 3. The van der Waals surface area contributed by atoms with Gasteiger partial charge in [0, 0.05) is 33.1 Å². The lowest BCUT2D eigenvalue weighted by Crippen LogP contribution is -2.19. The molecule has 138 valence electrons. The number of thiazole rings is 1. The lowest BCUT2D eigenvalue weighted by Gasteiger charge is -2.08. The van der Waals surface area contributed by atoms with Gasteiger partial charge in [-0.2, -0.15) is 0 Å². The zero-order chi connectivity index (χ0) is 19.1. The quantitative estimate of drug-likeness (QED) is 0.568. The first-order chi connectivity index (χ1) is 13.0. The van der Waals surface area contributed by atoms with E-state index in [1.807, 2.05) is 25.6 Å². The molecule has 0 bridgehead atoms. The van der Waals surface area contributed by atoms with Crippen LogP contribution in [0.3, 0.4) is 0 Å². The second-order valence-electron chi connectivity index (χ2n) is 6.49. The van der Waals surface area contributed by atoms with E-state index < -0.39 is 0 Å². The van der Waals surface area contributed by atoms with Crippen molar-refractivity contribution in [1.82, 2.24) is 24.8 Å². The Morgan fingerprint density at radius 2 is 2.07 bits per heavy atom. The molecule has 2 N–H and O–H groups in total. The number of anilines is 1. The molecule has 4 aromatic rings. The van der Waals surface area contributed by atoms with Crippen molar-refractivity contribution < 1.29 is 4.79 Å². The number of aromatic nitrogens is 4. The Morgan fingerprint density at radius 1 is 1.26 bits per heavy atom. The first-order valence-electron chi connectivity index (χ1n) is 8.61. The number of benzene rings is 1. The summed E-state index contributed by atoms with van der Waals surface area (Å²) in [6.45, 7) is 4.07. The largest absolute Gasteiger partial charge is 0.371 e. The molecule has 0 unspecified atom stereocenters. The summed E-state index contributed by atoms with van der Waals surface area (Å²) < 4.78 is 1.97. The molecule has 1 amide bonds. The molecule has 27 heavy (non-hydrogen) atoms. The molecule has 8 heteroatoms. The molecule has 0 aliphatic carbocycles. The molecule has 0 saturated heterocycles. The lowest BCUT2D eigenvalue weighted by atomic mass is 10.1. The molecule has 0 aliphatic rings. The van der Waals surface area contributed by atoms with Crippen molar-refractivity contribution in [2.24, 2.45) is 7.05 Å². The Labute approximate surface area is 160 Å². The SMILES string of the molecule is CNc1nc2sc(-c3ccc(C)c(CNC(C)=O)c3)nc2c2c1ncn2C. The smallest absolute Gasteiger partial charge is 0.217 e. The number of hydrogen-bond acceptors (Lipinski definition) is 6. The molecule has 0 aliphatic heterocycles. The summed E-state index contributed by atoms with van der Waals surface area (Å²) in [4.78, 5) is 26.1. The zero-order valence-electron chi connectivity index (χ0n) is 15.6. The normalized spacial score (nSPS) is 11.3. The molecule has 0 radical (unpaired) electrons. The minimum absolute atomic E-state index is 0.0396. The Hall–Kier alpha value is -3.00. The van der Waals surface area contributed by atoms with Gasteiger partial charge >= 0.3 is 0 Å². The second kappa shape index (κ2) is 6.62. The molecule has 7 nitrogen and oxygen atoms in total. The zero-order valence-corrected chi connectivity index (χ0v) is 16.4. The monoisotopic (exact) mass is 380 g/mol. The Balaban J connectivity index is 1.85. The van der Waals surface area contributed by atoms with Gasteiger partial charge in [0.25, 0.3) is 0 Å². The third-order valence-corrected chi connectivity index (χ3v) is 5.57. The van der Waals surface area contributed by atoms with E-state index in [-0.39, 0.29) is 5.91 Å². The van der Waals surface area contributed by atoms with E-state index in [4.69, 9.17) is 9.97 Å². The van der Waals surface area contributed by atoms with E-state index >= 15 is 0 Å². The van der Waals surface area contributed by atoms with Gasteiger partial charge in [-0.1, -0.05) is 23.5 Å². The van der Waals surface area contributed by atoms with E-state index in [1.54, 1.807) is 17.7 Å². The van der Waals surface area contributed by atoms with Crippen LogP contribution in [0.4, 0.5) is 5.82 Å². The maximum atomic E-state index is 11.2. The van der Waals surface area contributed by atoms with E-state index in [2.05, 4.69) is 33.8 Å². The number of carbonyl (C=O) groups is 1. The molecule has 0 atom stereocenters. The Bertz CT molecular complexity index is 1180. The van der Waals surface area contributed by atoms with Crippen LogP contribution in [0.5, 0.6) is 0 Å². The van der Waals surface area contributed by atoms with Crippen LogP contribution in [0, 0.1) is 6.92 Å². The lowest BCUT2D eigenvalue weighted by molar-refractivity contribution is -0.119. The summed E-state index contributed by atoms with van der Waals surface area (Å²) >= 11 is 1.56. The summed E-state index contributed by atoms with van der Waals surface area (Å²) in [6, 6.07) is 6.21. The predicted octanol–water partition coefficient (Wildman–Crippen LogP) is 3.23. The maximum absolute atomic E-state index is 11.2. The summed E-state index contributed by atoms with van der Waals surface area (Å²) in [5, 5.41) is 6.88. The van der Waals surface area contributed by atoms with Crippen LogP contribution in [-0.4, -0.2) is 32.5 Å². The fourth-order valence-corrected chi connectivity index (χ4v) is 4.03. The van der Waals surface area contributed by atoms with Gasteiger partial charge in [0.05, 0.1) is 6.33 Å². The van der Waals surface area contributed by atoms with Gasteiger partial charge in [-0.25, -0.2) is 15.0 Å². The van der Waals surface area contributed by atoms with Crippen LogP contribution < -0.4 is 10.6 Å². The number of amides is 1. The standard InChI is InChI=1S/C19H20N6OS/c1-10-5-6-12(7-13(10)8-21-11(2)26)18-23-15-16-14(22-9-25(16)4)17(20-3)24-19(15)27-18/h5-7,9H,8H2,1-4H3,(H,20,24)(H,21,26). The topological polar surface area (TPSA) is 84.7 Å². The highest BCUT2D eigenvalue weighted by Crippen LogP contribution is 2.35. The minimum atomic E-state index is -0.0396. The number of hydrogen-bond donors (Lipinski definition) is 2. The van der Waals surface area contributed by atoms with Crippen molar-refractivity contribution >= 4 is 44.4 Å². The van der Waals surface area contributed by atoms with Crippen LogP contribution >= 0.6 is 11.3 Å². The van der Waals surface area contributed by atoms with Crippen LogP contribution in [0.2, 0.25) is 0 Å². The van der Waals surface area contributed by atoms with Crippen molar-refractivity contribution in [2.75, 3.05) is 12.4 Å². The number of pyridine rings is 1. The molecular weight excluding hydrogens is 360 g/mol. The molecule has 0 spiro atoms. The molecule has 1 aromatic carbocycles. The highest BCUT2D eigenvalue weighted by atomic mass is 32.1. The van der Waals surface area contributed by atoms with Gasteiger partial charge in [0.15, 0.2) is 5.82 Å². The summed E-state index contributed by atoms with van der Waals surface area (Å²) in [5.74, 6) is 0.714. The van der Waals surface area contributed by atoms with Crippen molar-refractivity contribution in [3.63, 3.8) is 0 Å². The molecule has 3 heterocycles. The predicted molar refractivity (Wildman–Crippen MR) is 109 cm³/mol.